The van der Waals surface area contributed by atoms with Gasteiger partial charge in [-0.1, -0.05) is 6.07 Å². The van der Waals surface area contributed by atoms with Gasteiger partial charge in [-0.2, -0.15) is 0 Å². The molecular weight excluding hydrogens is 236 g/mol. The van der Waals surface area contributed by atoms with Crippen molar-refractivity contribution < 1.29 is 13.2 Å². The van der Waals surface area contributed by atoms with Crippen molar-refractivity contribution in [2.24, 2.45) is 5.73 Å². The number of rotatable bonds is 2. The van der Waals surface area contributed by atoms with Gasteiger partial charge >= 0.3 is 0 Å². The summed E-state index contributed by atoms with van der Waals surface area (Å²) < 4.78 is 33.1. The predicted octanol–water partition coefficient (Wildman–Crippen LogP) is 3.53. The van der Waals surface area contributed by atoms with E-state index < -0.39 is 17.7 Å². The molecular formula is C14H15F2NO. The zero-order chi connectivity index (χ0) is 13.4. The summed E-state index contributed by atoms with van der Waals surface area (Å²) in [5, 5.41) is 0. The van der Waals surface area contributed by atoms with Gasteiger partial charge in [0.15, 0.2) is 0 Å². The standard InChI is InChI=1S/C14H15F2NO/c1-7-4-5-11(15)12(13(7)16)14(17)10-6-8(2)18-9(10)3/h4-6,14H,17H2,1-3H3. The lowest BCUT2D eigenvalue weighted by atomic mass is 9.97. The molecule has 0 saturated carbocycles. The number of hydrogen-bond donors (Lipinski definition) is 1. The molecule has 0 spiro atoms. The van der Waals surface area contributed by atoms with Gasteiger partial charge in [0.1, 0.15) is 23.2 Å². The van der Waals surface area contributed by atoms with Crippen LogP contribution >= 0.6 is 0 Å². The van der Waals surface area contributed by atoms with E-state index in [0.29, 0.717) is 22.6 Å². The van der Waals surface area contributed by atoms with Crippen molar-refractivity contribution >= 4 is 0 Å². The van der Waals surface area contributed by atoms with E-state index in [9.17, 15) is 8.78 Å². The first-order valence-corrected chi connectivity index (χ1v) is 5.68. The number of benzene rings is 1. The minimum absolute atomic E-state index is 0.112. The summed E-state index contributed by atoms with van der Waals surface area (Å²) in [4.78, 5) is 0. The molecule has 0 fully saturated rings. The minimum atomic E-state index is -0.859. The maximum absolute atomic E-state index is 14.0. The minimum Gasteiger partial charge on any atom is -0.466 e. The first-order valence-electron chi connectivity index (χ1n) is 5.68. The Morgan fingerprint density at radius 2 is 1.83 bits per heavy atom. The fourth-order valence-corrected chi connectivity index (χ4v) is 2.08. The van der Waals surface area contributed by atoms with Crippen molar-refractivity contribution in [3.63, 3.8) is 0 Å². The smallest absolute Gasteiger partial charge is 0.134 e. The van der Waals surface area contributed by atoms with Crippen LogP contribution in [0.5, 0.6) is 0 Å². The molecule has 0 aliphatic carbocycles. The molecule has 0 amide bonds. The second-order valence-electron chi connectivity index (χ2n) is 4.44. The summed E-state index contributed by atoms with van der Waals surface area (Å²) in [7, 11) is 0. The molecule has 2 aromatic rings. The third kappa shape index (κ3) is 2.04. The van der Waals surface area contributed by atoms with Gasteiger partial charge in [-0.15, -0.1) is 0 Å². The van der Waals surface area contributed by atoms with Crippen LogP contribution in [0.2, 0.25) is 0 Å². The van der Waals surface area contributed by atoms with Gasteiger partial charge in [-0.25, -0.2) is 8.78 Å². The maximum Gasteiger partial charge on any atom is 0.134 e. The first kappa shape index (κ1) is 12.8. The van der Waals surface area contributed by atoms with Gasteiger partial charge in [-0.05, 0) is 38.5 Å². The molecule has 2 N–H and O–H groups in total. The Morgan fingerprint density at radius 1 is 1.17 bits per heavy atom. The molecule has 96 valence electrons. The van der Waals surface area contributed by atoms with E-state index in [4.69, 9.17) is 10.2 Å². The normalized spacial score (nSPS) is 12.8. The van der Waals surface area contributed by atoms with Crippen LogP contribution in [-0.2, 0) is 0 Å². The molecule has 1 heterocycles. The third-order valence-electron chi connectivity index (χ3n) is 3.05. The molecule has 1 atom stereocenters. The Morgan fingerprint density at radius 3 is 2.39 bits per heavy atom. The van der Waals surface area contributed by atoms with E-state index in [1.165, 1.54) is 12.1 Å². The van der Waals surface area contributed by atoms with Crippen LogP contribution < -0.4 is 5.73 Å². The van der Waals surface area contributed by atoms with Crippen LogP contribution in [0.1, 0.15) is 34.3 Å². The summed E-state index contributed by atoms with van der Waals surface area (Å²) in [6.45, 7) is 5.08. The molecule has 1 unspecified atom stereocenters. The molecule has 1 aromatic heterocycles. The first-order chi connectivity index (χ1) is 8.41. The summed E-state index contributed by atoms with van der Waals surface area (Å²) in [6.07, 6.45) is 0. The molecule has 0 bridgehead atoms. The van der Waals surface area contributed by atoms with E-state index in [0.717, 1.165) is 0 Å². The number of halogens is 2. The Kier molecular flexibility index (Phi) is 3.22. The maximum atomic E-state index is 14.0. The Balaban J connectivity index is 2.56. The lowest BCUT2D eigenvalue weighted by molar-refractivity contribution is 0.496. The largest absolute Gasteiger partial charge is 0.466 e. The lowest BCUT2D eigenvalue weighted by Gasteiger charge is -2.14. The van der Waals surface area contributed by atoms with Crippen LogP contribution in [0.3, 0.4) is 0 Å². The highest BCUT2D eigenvalue weighted by Gasteiger charge is 2.23. The summed E-state index contributed by atoms with van der Waals surface area (Å²) in [5.74, 6) is 0.0244. The summed E-state index contributed by atoms with van der Waals surface area (Å²) in [6, 6.07) is 3.48. The van der Waals surface area contributed by atoms with Crippen molar-refractivity contribution in [2.75, 3.05) is 0 Å². The van der Waals surface area contributed by atoms with Crippen LogP contribution in [0.25, 0.3) is 0 Å². The second kappa shape index (κ2) is 4.53. The van der Waals surface area contributed by atoms with Crippen molar-refractivity contribution in [3.8, 4) is 0 Å². The fourth-order valence-electron chi connectivity index (χ4n) is 2.08. The van der Waals surface area contributed by atoms with Crippen LogP contribution in [0.15, 0.2) is 22.6 Å². The fraction of sp³-hybridized carbons (Fsp3) is 0.286. The number of nitrogens with two attached hydrogens (primary N) is 1. The van der Waals surface area contributed by atoms with Crippen molar-refractivity contribution in [2.45, 2.75) is 26.8 Å². The number of hydrogen-bond acceptors (Lipinski definition) is 2. The summed E-state index contributed by atoms with van der Waals surface area (Å²) in [5.41, 5.74) is 6.83. The predicted molar refractivity (Wildman–Crippen MR) is 65.3 cm³/mol. The van der Waals surface area contributed by atoms with Crippen LogP contribution in [0.4, 0.5) is 8.78 Å². The van der Waals surface area contributed by atoms with Crippen LogP contribution in [0, 0.1) is 32.4 Å². The average Bonchev–Trinajstić information content (AvgIpc) is 2.63. The highest BCUT2D eigenvalue weighted by Crippen LogP contribution is 2.29. The number of aryl methyl sites for hydroxylation is 3. The highest BCUT2D eigenvalue weighted by atomic mass is 19.1. The molecule has 0 aliphatic rings. The Bertz CT molecular complexity index is 590. The van der Waals surface area contributed by atoms with Crippen molar-refractivity contribution in [3.05, 3.63) is 58.0 Å². The van der Waals surface area contributed by atoms with Gasteiger partial charge in [0.25, 0.3) is 0 Å². The molecule has 0 saturated heterocycles. The zero-order valence-electron chi connectivity index (χ0n) is 10.6. The van der Waals surface area contributed by atoms with Crippen molar-refractivity contribution in [1.29, 1.82) is 0 Å². The van der Waals surface area contributed by atoms with Gasteiger partial charge < -0.3 is 10.2 Å². The Hall–Kier alpha value is -1.68. The Labute approximate surface area is 104 Å². The van der Waals surface area contributed by atoms with E-state index >= 15 is 0 Å². The molecule has 2 nitrogen and oxygen atoms in total. The SMILES string of the molecule is Cc1cc(C(N)c2c(F)ccc(C)c2F)c(C)o1. The third-order valence-corrected chi connectivity index (χ3v) is 3.05. The molecule has 0 radical (unpaired) electrons. The zero-order valence-corrected chi connectivity index (χ0v) is 10.6. The highest BCUT2D eigenvalue weighted by molar-refractivity contribution is 5.37. The second-order valence-corrected chi connectivity index (χ2v) is 4.44. The van der Waals surface area contributed by atoms with Crippen LogP contribution in [-0.4, -0.2) is 0 Å². The van der Waals surface area contributed by atoms with Gasteiger partial charge in [-0.3, -0.25) is 0 Å². The number of furan rings is 1. The molecule has 4 heteroatoms. The van der Waals surface area contributed by atoms with Crippen molar-refractivity contribution in [1.82, 2.24) is 0 Å². The molecule has 1 aromatic carbocycles. The average molecular weight is 251 g/mol. The van der Waals surface area contributed by atoms with E-state index in [-0.39, 0.29) is 5.56 Å². The topological polar surface area (TPSA) is 39.2 Å². The lowest BCUT2D eigenvalue weighted by Crippen LogP contribution is -2.16. The quantitative estimate of drug-likeness (QED) is 0.886. The van der Waals surface area contributed by atoms with Gasteiger partial charge in [0.2, 0.25) is 0 Å². The summed E-state index contributed by atoms with van der Waals surface area (Å²) >= 11 is 0. The molecule has 0 aliphatic heterocycles. The van der Waals surface area contributed by atoms with E-state index in [1.807, 2.05) is 0 Å². The monoisotopic (exact) mass is 251 g/mol. The molecule has 2 rings (SSSR count). The van der Waals surface area contributed by atoms with E-state index in [1.54, 1.807) is 26.8 Å². The molecule has 18 heavy (non-hydrogen) atoms. The van der Waals surface area contributed by atoms with Gasteiger partial charge in [0.05, 0.1) is 6.04 Å². The van der Waals surface area contributed by atoms with Gasteiger partial charge in [0, 0.05) is 11.1 Å². The van der Waals surface area contributed by atoms with E-state index in [2.05, 4.69) is 0 Å².